The lowest BCUT2D eigenvalue weighted by Crippen LogP contribution is -1.78. The zero-order valence-corrected chi connectivity index (χ0v) is 17.0. The Kier molecular flexibility index (Phi) is 3.21. The van der Waals surface area contributed by atoms with Gasteiger partial charge in [0.15, 0.2) is 0 Å². The van der Waals surface area contributed by atoms with Crippen LogP contribution in [-0.2, 0) is 0 Å². The van der Waals surface area contributed by atoms with Crippen LogP contribution in [0.1, 0.15) is 0 Å². The van der Waals surface area contributed by atoms with Gasteiger partial charge in [-0.3, -0.25) is 0 Å². The standard InChI is InChI=1S/C28H17NS/c1-2-8-17(9-3-1)18-14-15-21-23(16-18)29-27-20-11-5-4-10-19(20)25-22-12-6-7-13-24(22)30-28(25)26(21)27/h1-16,29H. The molecule has 0 aliphatic carbocycles. The quantitative estimate of drug-likeness (QED) is 0.285. The second-order valence-corrected chi connectivity index (χ2v) is 8.90. The molecule has 1 N–H and O–H groups in total. The number of H-pyrrole nitrogens is 1. The Hall–Kier alpha value is -3.62. The number of hydrogen-bond donors (Lipinski definition) is 1. The molecule has 0 spiro atoms. The van der Waals surface area contributed by atoms with Gasteiger partial charge in [0, 0.05) is 41.8 Å². The predicted molar refractivity (Wildman–Crippen MR) is 132 cm³/mol. The lowest BCUT2D eigenvalue weighted by atomic mass is 9.99. The Bertz CT molecular complexity index is 1740. The van der Waals surface area contributed by atoms with E-state index in [1.165, 1.54) is 63.9 Å². The summed E-state index contributed by atoms with van der Waals surface area (Å²) in [4.78, 5) is 3.77. The fourth-order valence-electron chi connectivity index (χ4n) is 4.85. The lowest BCUT2D eigenvalue weighted by molar-refractivity contribution is 1.56. The molecule has 140 valence electrons. The molecule has 0 bridgehead atoms. The molecular weight excluding hydrogens is 382 g/mol. The summed E-state index contributed by atoms with van der Waals surface area (Å²) in [6, 6.07) is 35.0. The van der Waals surface area contributed by atoms with Crippen LogP contribution in [0.2, 0.25) is 0 Å². The first-order valence-corrected chi connectivity index (χ1v) is 11.0. The van der Waals surface area contributed by atoms with Crippen molar-refractivity contribution in [3.63, 3.8) is 0 Å². The Morgan fingerprint density at radius 2 is 1.27 bits per heavy atom. The molecule has 7 aromatic rings. The number of thiophene rings is 1. The fourth-order valence-corrected chi connectivity index (χ4v) is 6.14. The van der Waals surface area contributed by atoms with Crippen LogP contribution in [0.25, 0.3) is 63.9 Å². The maximum atomic E-state index is 3.77. The molecule has 0 amide bonds. The Morgan fingerprint density at radius 1 is 0.533 bits per heavy atom. The van der Waals surface area contributed by atoms with E-state index in [4.69, 9.17) is 0 Å². The first-order valence-electron chi connectivity index (χ1n) is 10.2. The van der Waals surface area contributed by atoms with Crippen LogP contribution in [-0.4, -0.2) is 4.98 Å². The van der Waals surface area contributed by atoms with Crippen molar-refractivity contribution in [3.05, 3.63) is 97.1 Å². The Morgan fingerprint density at radius 3 is 2.13 bits per heavy atom. The normalized spacial score (nSPS) is 12.0. The monoisotopic (exact) mass is 399 g/mol. The van der Waals surface area contributed by atoms with Crippen LogP contribution in [0.15, 0.2) is 97.1 Å². The third-order valence-corrected chi connectivity index (χ3v) is 7.38. The van der Waals surface area contributed by atoms with E-state index in [0.29, 0.717) is 0 Å². The largest absolute Gasteiger partial charge is 0.354 e. The summed E-state index contributed by atoms with van der Waals surface area (Å²) < 4.78 is 2.73. The van der Waals surface area contributed by atoms with Crippen LogP contribution in [0, 0.1) is 0 Å². The molecular formula is C28H17NS. The fraction of sp³-hybridized carbons (Fsp3) is 0. The van der Waals surface area contributed by atoms with Gasteiger partial charge in [0.25, 0.3) is 0 Å². The molecule has 2 heteroatoms. The summed E-state index contributed by atoms with van der Waals surface area (Å²) in [6.45, 7) is 0. The smallest absolute Gasteiger partial charge is 0.0559 e. The van der Waals surface area contributed by atoms with Gasteiger partial charge in [0.1, 0.15) is 0 Å². The van der Waals surface area contributed by atoms with Gasteiger partial charge in [-0.05, 0) is 28.6 Å². The van der Waals surface area contributed by atoms with E-state index in [1.807, 2.05) is 11.3 Å². The highest BCUT2D eigenvalue weighted by Crippen LogP contribution is 2.46. The molecule has 0 aliphatic heterocycles. The number of aromatic nitrogens is 1. The zero-order valence-electron chi connectivity index (χ0n) is 16.1. The van der Waals surface area contributed by atoms with Gasteiger partial charge in [-0.15, -0.1) is 11.3 Å². The van der Waals surface area contributed by atoms with Crippen molar-refractivity contribution in [2.24, 2.45) is 0 Å². The highest BCUT2D eigenvalue weighted by Gasteiger charge is 2.17. The second-order valence-electron chi connectivity index (χ2n) is 7.85. The zero-order chi connectivity index (χ0) is 19.7. The molecule has 0 atom stereocenters. The third-order valence-electron chi connectivity index (χ3n) is 6.19. The first-order chi connectivity index (χ1) is 14.9. The van der Waals surface area contributed by atoms with Crippen LogP contribution in [0.5, 0.6) is 0 Å². The molecule has 7 rings (SSSR count). The summed E-state index contributed by atoms with van der Waals surface area (Å²) >= 11 is 1.91. The average Bonchev–Trinajstić information content (AvgIpc) is 3.38. The lowest BCUT2D eigenvalue weighted by Gasteiger charge is -2.04. The predicted octanol–water partition coefficient (Wildman–Crippen LogP) is 8.51. The van der Waals surface area contributed by atoms with Crippen molar-refractivity contribution in [2.45, 2.75) is 0 Å². The van der Waals surface area contributed by atoms with Crippen molar-refractivity contribution in [2.75, 3.05) is 0 Å². The SMILES string of the molecule is c1ccc(-c2ccc3c(c2)[nH]c2c4ccccc4c4c5ccccc5sc4c32)cc1. The Labute approximate surface area is 177 Å². The molecule has 0 radical (unpaired) electrons. The number of rotatable bonds is 1. The summed E-state index contributed by atoms with van der Waals surface area (Å²) in [5.41, 5.74) is 4.92. The average molecular weight is 400 g/mol. The van der Waals surface area contributed by atoms with Gasteiger partial charge < -0.3 is 4.98 Å². The Balaban J connectivity index is 1.70. The second kappa shape index (κ2) is 5.94. The topological polar surface area (TPSA) is 15.8 Å². The number of hydrogen-bond acceptors (Lipinski definition) is 1. The highest BCUT2D eigenvalue weighted by atomic mass is 32.1. The minimum absolute atomic E-state index is 1.20. The molecule has 0 saturated carbocycles. The van der Waals surface area contributed by atoms with Crippen molar-refractivity contribution < 1.29 is 0 Å². The number of aromatic amines is 1. The van der Waals surface area contributed by atoms with E-state index in [-0.39, 0.29) is 0 Å². The number of nitrogens with one attached hydrogen (secondary N) is 1. The van der Waals surface area contributed by atoms with E-state index >= 15 is 0 Å². The molecule has 0 unspecified atom stereocenters. The third kappa shape index (κ3) is 2.11. The minimum atomic E-state index is 1.20. The molecule has 5 aromatic carbocycles. The van der Waals surface area contributed by atoms with Gasteiger partial charge >= 0.3 is 0 Å². The van der Waals surface area contributed by atoms with Gasteiger partial charge in [-0.1, -0.05) is 84.9 Å². The maximum absolute atomic E-state index is 3.77. The van der Waals surface area contributed by atoms with Crippen LogP contribution < -0.4 is 0 Å². The van der Waals surface area contributed by atoms with Crippen LogP contribution >= 0.6 is 11.3 Å². The summed E-state index contributed by atoms with van der Waals surface area (Å²) in [5, 5.41) is 8.00. The van der Waals surface area contributed by atoms with Crippen LogP contribution in [0.4, 0.5) is 0 Å². The van der Waals surface area contributed by atoms with Gasteiger partial charge in [0.2, 0.25) is 0 Å². The van der Waals surface area contributed by atoms with Gasteiger partial charge in [0.05, 0.1) is 5.52 Å². The summed E-state index contributed by atoms with van der Waals surface area (Å²) in [6.07, 6.45) is 0. The van der Waals surface area contributed by atoms with Crippen molar-refractivity contribution in [1.82, 2.24) is 4.98 Å². The number of fused-ring (bicyclic) bond motifs is 10. The van der Waals surface area contributed by atoms with Crippen molar-refractivity contribution in [1.29, 1.82) is 0 Å². The van der Waals surface area contributed by atoms with E-state index in [9.17, 15) is 0 Å². The van der Waals surface area contributed by atoms with Crippen molar-refractivity contribution >= 4 is 64.1 Å². The first kappa shape index (κ1) is 16.2. The molecule has 30 heavy (non-hydrogen) atoms. The van der Waals surface area contributed by atoms with E-state index in [1.54, 1.807) is 0 Å². The highest BCUT2D eigenvalue weighted by molar-refractivity contribution is 7.27. The molecule has 0 fully saturated rings. The van der Waals surface area contributed by atoms with Crippen molar-refractivity contribution in [3.8, 4) is 11.1 Å². The van der Waals surface area contributed by atoms with Gasteiger partial charge in [-0.2, -0.15) is 0 Å². The molecule has 0 aliphatic rings. The van der Waals surface area contributed by atoms with E-state index < -0.39 is 0 Å². The molecule has 2 heterocycles. The molecule has 2 aromatic heterocycles. The number of benzene rings is 5. The van der Waals surface area contributed by atoms with Crippen LogP contribution in [0.3, 0.4) is 0 Å². The minimum Gasteiger partial charge on any atom is -0.354 e. The molecule has 1 nitrogen and oxygen atoms in total. The summed E-state index contributed by atoms with van der Waals surface area (Å²) in [7, 11) is 0. The van der Waals surface area contributed by atoms with E-state index in [2.05, 4.69) is 102 Å². The summed E-state index contributed by atoms with van der Waals surface area (Å²) in [5.74, 6) is 0. The molecule has 0 saturated heterocycles. The van der Waals surface area contributed by atoms with E-state index in [0.717, 1.165) is 0 Å². The maximum Gasteiger partial charge on any atom is 0.0559 e. The van der Waals surface area contributed by atoms with Gasteiger partial charge in [-0.25, -0.2) is 0 Å².